The maximum absolute atomic E-state index is 13.7. The van der Waals surface area contributed by atoms with Gasteiger partial charge in [-0.05, 0) is 49.9 Å². The SMILES string of the molecule is COc1cc(-c2cnc3c(n2)c(C2CCCCC2)cn3S(=O)(=O)c2ccc(C)cc2)cc(OC)c1OC. The highest BCUT2D eigenvalue weighted by atomic mass is 32.2. The van der Waals surface area contributed by atoms with E-state index in [0.29, 0.717) is 34.1 Å². The molecule has 0 aliphatic heterocycles. The molecular formula is C28H31N3O5S. The molecule has 0 bridgehead atoms. The number of rotatable bonds is 7. The first kappa shape index (κ1) is 25.1. The minimum absolute atomic E-state index is 0.223. The Morgan fingerprint density at radius 2 is 1.57 bits per heavy atom. The monoisotopic (exact) mass is 521 g/mol. The second-order valence-corrected chi connectivity index (χ2v) is 11.2. The second kappa shape index (κ2) is 10.0. The van der Waals surface area contributed by atoms with E-state index in [4.69, 9.17) is 19.2 Å². The molecule has 2 aromatic heterocycles. The van der Waals surface area contributed by atoms with Gasteiger partial charge in [-0.3, -0.25) is 0 Å². The molecule has 1 aliphatic carbocycles. The molecule has 5 rings (SSSR count). The molecular weight excluding hydrogens is 490 g/mol. The summed E-state index contributed by atoms with van der Waals surface area (Å²) < 4.78 is 45.2. The summed E-state index contributed by atoms with van der Waals surface area (Å²) in [5.74, 6) is 1.73. The van der Waals surface area contributed by atoms with E-state index in [1.165, 1.54) is 10.4 Å². The summed E-state index contributed by atoms with van der Waals surface area (Å²) in [5, 5.41) is 0. The van der Waals surface area contributed by atoms with Crippen molar-refractivity contribution in [2.24, 2.45) is 0 Å². The van der Waals surface area contributed by atoms with E-state index in [1.807, 2.05) is 19.1 Å². The zero-order valence-electron chi connectivity index (χ0n) is 21.5. The van der Waals surface area contributed by atoms with Crippen LogP contribution in [0.2, 0.25) is 0 Å². The first-order chi connectivity index (χ1) is 17.9. The smallest absolute Gasteiger partial charge is 0.269 e. The maximum atomic E-state index is 13.7. The van der Waals surface area contributed by atoms with Crippen LogP contribution in [0.1, 0.15) is 49.1 Å². The zero-order chi connectivity index (χ0) is 26.2. The molecule has 0 atom stereocenters. The molecule has 9 heteroatoms. The van der Waals surface area contributed by atoms with Gasteiger partial charge in [-0.2, -0.15) is 0 Å². The number of nitrogens with zero attached hydrogens (tertiary/aromatic N) is 3. The Hall–Kier alpha value is -3.59. The molecule has 8 nitrogen and oxygen atoms in total. The average Bonchev–Trinajstić information content (AvgIpc) is 3.32. The highest BCUT2D eigenvalue weighted by Crippen LogP contribution is 2.42. The van der Waals surface area contributed by atoms with Crippen LogP contribution in [0.5, 0.6) is 17.2 Å². The topological polar surface area (TPSA) is 92.5 Å². The van der Waals surface area contributed by atoms with Gasteiger partial charge in [0.25, 0.3) is 10.0 Å². The third-order valence-electron chi connectivity index (χ3n) is 7.07. The lowest BCUT2D eigenvalue weighted by Crippen LogP contribution is -2.12. The fraction of sp³-hybridized carbons (Fsp3) is 0.357. The fourth-order valence-electron chi connectivity index (χ4n) is 5.07. The minimum atomic E-state index is -3.85. The Labute approximate surface area is 217 Å². The molecule has 0 amide bonds. The summed E-state index contributed by atoms with van der Waals surface area (Å²) in [6.07, 6.45) is 8.74. The van der Waals surface area contributed by atoms with Crippen molar-refractivity contribution in [1.29, 1.82) is 0 Å². The summed E-state index contributed by atoms with van der Waals surface area (Å²) in [7, 11) is 0.830. The Kier molecular flexibility index (Phi) is 6.81. The predicted octanol–water partition coefficient (Wildman–Crippen LogP) is 5.72. The molecule has 0 spiro atoms. The van der Waals surface area contributed by atoms with E-state index in [-0.39, 0.29) is 10.8 Å². The Bertz CT molecular complexity index is 1510. The van der Waals surface area contributed by atoms with Crippen LogP contribution in [0.3, 0.4) is 0 Å². The Morgan fingerprint density at radius 1 is 0.919 bits per heavy atom. The van der Waals surface area contributed by atoms with Crippen molar-refractivity contribution < 1.29 is 22.6 Å². The van der Waals surface area contributed by atoms with Gasteiger partial charge in [0, 0.05) is 17.3 Å². The van der Waals surface area contributed by atoms with E-state index in [2.05, 4.69) is 4.98 Å². The quantitative estimate of drug-likeness (QED) is 0.307. The van der Waals surface area contributed by atoms with Crippen molar-refractivity contribution in [3.05, 3.63) is 59.9 Å². The molecule has 0 radical (unpaired) electrons. The number of hydrogen-bond acceptors (Lipinski definition) is 7. The normalized spacial score (nSPS) is 14.6. The summed E-state index contributed by atoms with van der Waals surface area (Å²) in [4.78, 5) is 9.84. The van der Waals surface area contributed by atoms with Crippen LogP contribution in [0.4, 0.5) is 0 Å². The van der Waals surface area contributed by atoms with Crippen molar-refractivity contribution in [1.82, 2.24) is 13.9 Å². The van der Waals surface area contributed by atoms with Gasteiger partial charge in [0.2, 0.25) is 5.75 Å². The third kappa shape index (κ3) is 4.52. The average molecular weight is 522 g/mol. The number of aryl methyl sites for hydroxylation is 1. The molecule has 0 N–H and O–H groups in total. The van der Waals surface area contributed by atoms with Gasteiger partial charge in [-0.1, -0.05) is 37.0 Å². The molecule has 1 saturated carbocycles. The second-order valence-electron chi connectivity index (χ2n) is 9.37. The van der Waals surface area contributed by atoms with E-state index in [9.17, 15) is 8.42 Å². The van der Waals surface area contributed by atoms with Crippen molar-refractivity contribution in [2.45, 2.75) is 49.8 Å². The lowest BCUT2D eigenvalue weighted by atomic mass is 9.85. The molecule has 2 aromatic carbocycles. The van der Waals surface area contributed by atoms with Crippen LogP contribution in [-0.2, 0) is 10.0 Å². The van der Waals surface area contributed by atoms with Gasteiger partial charge in [-0.15, -0.1) is 0 Å². The lowest BCUT2D eigenvalue weighted by molar-refractivity contribution is 0.324. The summed E-state index contributed by atoms with van der Waals surface area (Å²) in [6, 6.07) is 10.5. The number of aromatic nitrogens is 3. The van der Waals surface area contributed by atoms with E-state index >= 15 is 0 Å². The van der Waals surface area contributed by atoms with Crippen LogP contribution in [-0.4, -0.2) is 43.7 Å². The third-order valence-corrected chi connectivity index (χ3v) is 8.74. The van der Waals surface area contributed by atoms with Gasteiger partial charge >= 0.3 is 0 Å². The van der Waals surface area contributed by atoms with Crippen LogP contribution >= 0.6 is 0 Å². The van der Waals surface area contributed by atoms with Gasteiger partial charge in [0.05, 0.1) is 38.1 Å². The van der Waals surface area contributed by atoms with Crippen molar-refractivity contribution in [2.75, 3.05) is 21.3 Å². The summed E-state index contributed by atoms with van der Waals surface area (Å²) in [5.41, 5.74) is 4.18. The highest BCUT2D eigenvalue weighted by molar-refractivity contribution is 7.90. The van der Waals surface area contributed by atoms with Crippen LogP contribution in [0.25, 0.3) is 22.4 Å². The molecule has 4 aromatic rings. The molecule has 0 unspecified atom stereocenters. The predicted molar refractivity (Wildman–Crippen MR) is 142 cm³/mol. The number of ether oxygens (including phenoxy) is 3. The van der Waals surface area contributed by atoms with E-state index < -0.39 is 10.0 Å². The van der Waals surface area contributed by atoms with Crippen LogP contribution in [0, 0.1) is 6.92 Å². The molecule has 0 saturated heterocycles. The first-order valence-corrected chi connectivity index (χ1v) is 13.8. The minimum Gasteiger partial charge on any atom is -0.493 e. The van der Waals surface area contributed by atoms with E-state index in [1.54, 1.807) is 58.0 Å². The van der Waals surface area contributed by atoms with Crippen molar-refractivity contribution in [3.8, 4) is 28.5 Å². The van der Waals surface area contributed by atoms with Gasteiger partial charge in [-0.25, -0.2) is 22.4 Å². The Balaban J connectivity index is 1.70. The van der Waals surface area contributed by atoms with Gasteiger partial charge in [0.15, 0.2) is 17.1 Å². The molecule has 194 valence electrons. The number of hydrogen-bond donors (Lipinski definition) is 0. The van der Waals surface area contributed by atoms with Crippen LogP contribution < -0.4 is 14.2 Å². The van der Waals surface area contributed by atoms with Gasteiger partial charge < -0.3 is 14.2 Å². The summed E-state index contributed by atoms with van der Waals surface area (Å²) >= 11 is 0. The van der Waals surface area contributed by atoms with E-state index in [0.717, 1.165) is 42.4 Å². The summed E-state index contributed by atoms with van der Waals surface area (Å²) in [6.45, 7) is 1.93. The molecule has 1 aliphatic rings. The van der Waals surface area contributed by atoms with Crippen LogP contribution in [0.15, 0.2) is 53.7 Å². The Morgan fingerprint density at radius 3 is 2.16 bits per heavy atom. The number of methoxy groups -OCH3 is 3. The standard InChI is InChI=1S/C28H31N3O5S/c1-18-10-12-21(13-11-18)37(32,33)31-17-22(19-8-6-5-7-9-19)26-28(31)29-16-23(30-26)20-14-24(34-2)27(36-4)25(15-20)35-3/h10-17,19H,5-9H2,1-4H3. The molecule has 2 heterocycles. The lowest BCUT2D eigenvalue weighted by Gasteiger charge is -2.20. The van der Waals surface area contributed by atoms with Crippen molar-refractivity contribution >= 4 is 21.2 Å². The number of benzene rings is 2. The first-order valence-electron chi connectivity index (χ1n) is 12.4. The fourth-order valence-corrected chi connectivity index (χ4v) is 6.39. The maximum Gasteiger partial charge on any atom is 0.269 e. The largest absolute Gasteiger partial charge is 0.493 e. The zero-order valence-corrected chi connectivity index (χ0v) is 22.3. The molecule has 1 fully saturated rings. The number of fused-ring (bicyclic) bond motifs is 1. The van der Waals surface area contributed by atoms with Crippen molar-refractivity contribution in [3.63, 3.8) is 0 Å². The van der Waals surface area contributed by atoms with Gasteiger partial charge in [0.1, 0.15) is 5.52 Å². The highest BCUT2D eigenvalue weighted by Gasteiger charge is 2.28. The molecule has 37 heavy (non-hydrogen) atoms.